The Hall–Kier alpha value is -3.28. The fourth-order valence-corrected chi connectivity index (χ4v) is 2.64. The van der Waals surface area contributed by atoms with Gasteiger partial charge < -0.3 is 10.2 Å². The first-order chi connectivity index (χ1) is 11.9. The Morgan fingerprint density at radius 1 is 1.16 bits per heavy atom. The van der Waals surface area contributed by atoms with Crippen LogP contribution in [0.2, 0.25) is 0 Å². The Balaban J connectivity index is 2.00. The molecule has 0 unspecified atom stereocenters. The lowest BCUT2D eigenvalue weighted by Gasteiger charge is -2.19. The molecule has 0 aliphatic heterocycles. The number of hydrogen-bond acceptors (Lipinski definition) is 6. The van der Waals surface area contributed by atoms with Gasteiger partial charge in [0, 0.05) is 43.3 Å². The predicted molar refractivity (Wildman–Crippen MR) is 95.4 cm³/mol. The lowest BCUT2D eigenvalue weighted by Crippen LogP contribution is -2.23. The van der Waals surface area contributed by atoms with Gasteiger partial charge in [0.25, 0.3) is 0 Å². The zero-order valence-electron chi connectivity index (χ0n) is 14.2. The summed E-state index contributed by atoms with van der Waals surface area (Å²) in [4.78, 5) is 42.6. The van der Waals surface area contributed by atoms with Crippen LogP contribution < -0.4 is 10.2 Å². The van der Waals surface area contributed by atoms with Crippen LogP contribution in [0.15, 0.2) is 48.3 Å². The van der Waals surface area contributed by atoms with Crippen LogP contribution in [0.5, 0.6) is 0 Å². The number of pyridine rings is 1. The monoisotopic (exact) mass is 335 g/mol. The van der Waals surface area contributed by atoms with Gasteiger partial charge in [-0.25, -0.2) is 0 Å². The minimum atomic E-state index is -0.341. The van der Waals surface area contributed by atoms with E-state index in [0.717, 1.165) is 5.69 Å². The molecule has 0 atom stereocenters. The number of carbonyl (C=O) groups is 3. The van der Waals surface area contributed by atoms with Crippen molar-refractivity contribution in [1.82, 2.24) is 4.98 Å². The van der Waals surface area contributed by atoms with E-state index in [1.807, 2.05) is 25.1 Å². The molecule has 2 aromatic rings. The minimum absolute atomic E-state index is 0.130. The smallest absolute Gasteiger partial charge is 0.211 e. The number of aromatic nitrogens is 1. The van der Waals surface area contributed by atoms with Gasteiger partial charge in [0.1, 0.15) is 5.69 Å². The van der Waals surface area contributed by atoms with Gasteiger partial charge in [-0.15, -0.1) is 0 Å². The first-order valence-corrected chi connectivity index (χ1v) is 7.73. The standard InChI is InChI=1S/C19H17N3O3/c1-11(23)14-9-12(22(2)3)6-7-15(14)21-16-10-17(24)18-13(19(16)25)5-4-8-20-18/h4-10,21H,1-3H3. The van der Waals surface area contributed by atoms with E-state index in [4.69, 9.17) is 0 Å². The first-order valence-electron chi connectivity index (χ1n) is 7.73. The van der Waals surface area contributed by atoms with Gasteiger partial charge in [-0.05, 0) is 37.3 Å². The van der Waals surface area contributed by atoms with Gasteiger partial charge in [-0.3, -0.25) is 19.4 Å². The molecule has 126 valence electrons. The fraction of sp³-hybridized carbons (Fsp3) is 0.158. The SMILES string of the molecule is CC(=O)c1cc(N(C)C)ccc1NC1=CC(=O)c2ncccc2C1=O. The van der Waals surface area contributed by atoms with Crippen molar-refractivity contribution >= 4 is 28.7 Å². The quantitative estimate of drug-likeness (QED) is 0.866. The molecule has 6 nitrogen and oxygen atoms in total. The first kappa shape index (κ1) is 16.6. The Labute approximate surface area is 145 Å². The second kappa shape index (κ2) is 6.32. The van der Waals surface area contributed by atoms with Gasteiger partial charge in [0.2, 0.25) is 11.6 Å². The van der Waals surface area contributed by atoms with Crippen molar-refractivity contribution in [1.29, 1.82) is 0 Å². The molecular formula is C19H17N3O3. The van der Waals surface area contributed by atoms with E-state index >= 15 is 0 Å². The zero-order chi connectivity index (χ0) is 18.1. The molecule has 0 amide bonds. The van der Waals surface area contributed by atoms with E-state index in [0.29, 0.717) is 11.3 Å². The number of anilines is 2. The van der Waals surface area contributed by atoms with Crippen LogP contribution in [0.3, 0.4) is 0 Å². The number of Topliss-reactive ketones (excluding diaryl/α,β-unsaturated/α-hetero) is 2. The molecular weight excluding hydrogens is 318 g/mol. The second-order valence-electron chi connectivity index (χ2n) is 5.96. The maximum Gasteiger partial charge on any atom is 0.211 e. The van der Waals surface area contributed by atoms with Crippen LogP contribution in [-0.2, 0) is 0 Å². The number of hydrogen-bond donors (Lipinski definition) is 1. The third kappa shape index (κ3) is 3.06. The Bertz CT molecular complexity index is 929. The Morgan fingerprint density at radius 3 is 2.60 bits per heavy atom. The average Bonchev–Trinajstić information content (AvgIpc) is 2.59. The van der Waals surface area contributed by atoms with Gasteiger partial charge in [0.05, 0.1) is 11.3 Å². The number of allylic oxidation sites excluding steroid dienone is 2. The Kier molecular flexibility index (Phi) is 4.19. The summed E-state index contributed by atoms with van der Waals surface area (Å²) >= 11 is 0. The van der Waals surface area contributed by atoms with Crippen molar-refractivity contribution in [2.45, 2.75) is 6.92 Å². The molecule has 6 heteroatoms. The fourth-order valence-electron chi connectivity index (χ4n) is 2.64. The molecule has 1 aromatic heterocycles. The molecule has 0 spiro atoms. The van der Waals surface area contributed by atoms with E-state index in [9.17, 15) is 14.4 Å². The molecule has 0 bridgehead atoms. The number of fused-ring (bicyclic) bond motifs is 1. The van der Waals surface area contributed by atoms with Gasteiger partial charge in [0.15, 0.2) is 5.78 Å². The molecule has 3 rings (SSSR count). The summed E-state index contributed by atoms with van der Waals surface area (Å²) in [5.74, 6) is -0.802. The molecule has 0 saturated heterocycles. The minimum Gasteiger partial charge on any atom is -0.378 e. The number of benzene rings is 1. The number of nitrogens with one attached hydrogen (secondary N) is 1. The summed E-state index contributed by atoms with van der Waals surface area (Å²) < 4.78 is 0. The van der Waals surface area contributed by atoms with Crippen molar-refractivity contribution in [2.24, 2.45) is 0 Å². The van der Waals surface area contributed by atoms with Crippen LogP contribution in [0.25, 0.3) is 0 Å². The summed E-state index contributed by atoms with van der Waals surface area (Å²) in [7, 11) is 3.75. The van der Waals surface area contributed by atoms with Crippen molar-refractivity contribution < 1.29 is 14.4 Å². The van der Waals surface area contributed by atoms with E-state index < -0.39 is 0 Å². The third-order valence-corrected chi connectivity index (χ3v) is 3.97. The second-order valence-corrected chi connectivity index (χ2v) is 5.96. The molecule has 1 N–H and O–H groups in total. The van der Waals surface area contributed by atoms with Crippen LogP contribution in [0, 0.1) is 0 Å². The number of nitrogens with zero attached hydrogens (tertiary/aromatic N) is 2. The topological polar surface area (TPSA) is 79.4 Å². The molecule has 1 aliphatic carbocycles. The molecule has 25 heavy (non-hydrogen) atoms. The average molecular weight is 335 g/mol. The number of rotatable bonds is 4. The van der Waals surface area contributed by atoms with Crippen LogP contribution in [0.1, 0.15) is 38.1 Å². The molecule has 1 heterocycles. The summed E-state index contributed by atoms with van der Waals surface area (Å²) in [6, 6.07) is 8.48. The summed E-state index contributed by atoms with van der Waals surface area (Å²) in [6.45, 7) is 1.46. The normalized spacial score (nSPS) is 13.2. The highest BCUT2D eigenvalue weighted by molar-refractivity contribution is 6.24. The van der Waals surface area contributed by atoms with Crippen molar-refractivity contribution in [3.63, 3.8) is 0 Å². The zero-order valence-corrected chi connectivity index (χ0v) is 14.2. The molecule has 1 aromatic carbocycles. The van der Waals surface area contributed by atoms with E-state index in [1.165, 1.54) is 19.2 Å². The summed E-state index contributed by atoms with van der Waals surface area (Å²) in [6.07, 6.45) is 2.70. The summed E-state index contributed by atoms with van der Waals surface area (Å²) in [5.41, 5.74) is 2.33. The maximum atomic E-state index is 12.6. The van der Waals surface area contributed by atoms with Crippen molar-refractivity contribution in [3.8, 4) is 0 Å². The number of carbonyl (C=O) groups excluding carboxylic acids is 3. The van der Waals surface area contributed by atoms with Gasteiger partial charge in [-0.1, -0.05) is 0 Å². The molecule has 0 radical (unpaired) electrons. The highest BCUT2D eigenvalue weighted by Gasteiger charge is 2.27. The maximum absolute atomic E-state index is 12.6. The lowest BCUT2D eigenvalue weighted by atomic mass is 9.96. The van der Waals surface area contributed by atoms with E-state index in [2.05, 4.69) is 10.3 Å². The van der Waals surface area contributed by atoms with Gasteiger partial charge >= 0.3 is 0 Å². The van der Waals surface area contributed by atoms with Crippen LogP contribution >= 0.6 is 0 Å². The van der Waals surface area contributed by atoms with Crippen molar-refractivity contribution in [3.05, 3.63) is 65.1 Å². The van der Waals surface area contributed by atoms with Crippen LogP contribution in [0.4, 0.5) is 11.4 Å². The lowest BCUT2D eigenvalue weighted by molar-refractivity contribution is 0.0981. The van der Waals surface area contributed by atoms with Gasteiger partial charge in [-0.2, -0.15) is 0 Å². The van der Waals surface area contributed by atoms with E-state index in [-0.39, 0.29) is 34.3 Å². The predicted octanol–water partition coefficient (Wildman–Crippen LogP) is 2.73. The molecule has 0 saturated carbocycles. The molecule has 1 aliphatic rings. The number of ketones is 3. The third-order valence-electron chi connectivity index (χ3n) is 3.97. The van der Waals surface area contributed by atoms with Crippen LogP contribution in [-0.4, -0.2) is 36.4 Å². The largest absolute Gasteiger partial charge is 0.378 e. The molecule has 0 fully saturated rings. The van der Waals surface area contributed by atoms with E-state index in [1.54, 1.807) is 24.3 Å². The highest BCUT2D eigenvalue weighted by Crippen LogP contribution is 2.26. The highest BCUT2D eigenvalue weighted by atomic mass is 16.1. The Morgan fingerprint density at radius 2 is 1.92 bits per heavy atom. The van der Waals surface area contributed by atoms with Crippen molar-refractivity contribution in [2.75, 3.05) is 24.3 Å². The summed E-state index contributed by atoms with van der Waals surface area (Å²) in [5, 5.41) is 2.94.